The maximum absolute atomic E-state index is 14.2. The van der Waals surface area contributed by atoms with Crippen LogP contribution in [-0.4, -0.2) is 35.9 Å². The van der Waals surface area contributed by atoms with Crippen molar-refractivity contribution in [1.82, 2.24) is 15.1 Å². The topological polar surface area (TPSA) is 82.5 Å². The van der Waals surface area contributed by atoms with E-state index in [-0.39, 0.29) is 22.4 Å². The molecular weight excluding hydrogens is 456 g/mol. The average molecular weight is 479 g/mol. The zero-order chi connectivity index (χ0) is 25.3. The molecule has 0 amide bonds. The number of carbonyl (C=O) groups excluding carboxylic acids is 2. The summed E-state index contributed by atoms with van der Waals surface area (Å²) in [6, 6.07) is 12.6. The van der Waals surface area contributed by atoms with Gasteiger partial charge < -0.3 is 14.8 Å². The fourth-order valence-corrected chi connectivity index (χ4v) is 4.25. The Bertz CT molecular complexity index is 1340. The number of benzene rings is 2. The third kappa shape index (κ3) is 4.32. The molecule has 180 valence electrons. The molecule has 4 rings (SSSR count). The maximum atomic E-state index is 14.2. The van der Waals surface area contributed by atoms with E-state index < -0.39 is 29.5 Å². The van der Waals surface area contributed by atoms with Gasteiger partial charge >= 0.3 is 11.9 Å². The first-order valence-electron chi connectivity index (χ1n) is 10.7. The van der Waals surface area contributed by atoms with Gasteiger partial charge in [0.1, 0.15) is 0 Å². The largest absolute Gasteiger partial charge is 0.466 e. The van der Waals surface area contributed by atoms with Gasteiger partial charge in [0.05, 0.1) is 42.7 Å². The lowest BCUT2D eigenvalue weighted by atomic mass is 9.79. The summed E-state index contributed by atoms with van der Waals surface area (Å²) in [5.74, 6) is -4.31. The molecule has 0 saturated carbocycles. The average Bonchev–Trinajstić information content (AvgIpc) is 3.30. The summed E-state index contributed by atoms with van der Waals surface area (Å²) in [4.78, 5) is 25.8. The molecule has 1 aliphatic rings. The molecule has 9 heteroatoms. The van der Waals surface area contributed by atoms with Crippen molar-refractivity contribution in [3.8, 4) is 16.9 Å². The summed E-state index contributed by atoms with van der Waals surface area (Å²) in [7, 11) is 2.48. The Hall–Kier alpha value is -4.27. The molecule has 0 aliphatic carbocycles. The Morgan fingerprint density at radius 3 is 2.06 bits per heavy atom. The summed E-state index contributed by atoms with van der Waals surface area (Å²) < 4.78 is 39.6. The maximum Gasteiger partial charge on any atom is 0.336 e. The van der Waals surface area contributed by atoms with Gasteiger partial charge in [-0.15, -0.1) is 0 Å². The van der Waals surface area contributed by atoms with Crippen LogP contribution < -0.4 is 5.32 Å². The number of carbonyl (C=O) groups is 2. The second kappa shape index (κ2) is 9.54. The van der Waals surface area contributed by atoms with Gasteiger partial charge in [-0.1, -0.05) is 18.2 Å². The highest BCUT2D eigenvalue weighted by Crippen LogP contribution is 2.43. The Labute approximate surface area is 200 Å². The van der Waals surface area contributed by atoms with Crippen molar-refractivity contribution in [3.63, 3.8) is 0 Å². The van der Waals surface area contributed by atoms with Crippen molar-refractivity contribution in [2.24, 2.45) is 0 Å². The smallest absolute Gasteiger partial charge is 0.336 e. The van der Waals surface area contributed by atoms with Crippen LogP contribution >= 0.6 is 0 Å². The van der Waals surface area contributed by atoms with E-state index in [4.69, 9.17) is 9.47 Å². The molecule has 1 aromatic heterocycles. The highest BCUT2D eigenvalue weighted by molar-refractivity contribution is 6.00. The van der Waals surface area contributed by atoms with Gasteiger partial charge in [-0.25, -0.2) is 23.1 Å². The van der Waals surface area contributed by atoms with Crippen LogP contribution in [0, 0.1) is 11.6 Å². The second-order valence-corrected chi connectivity index (χ2v) is 7.96. The normalized spacial score (nSPS) is 14.1. The van der Waals surface area contributed by atoms with Crippen LogP contribution in [0.25, 0.3) is 16.9 Å². The van der Waals surface area contributed by atoms with Gasteiger partial charge in [0.2, 0.25) is 0 Å². The second-order valence-electron chi connectivity index (χ2n) is 7.96. The monoisotopic (exact) mass is 479 g/mol. The van der Waals surface area contributed by atoms with Gasteiger partial charge in [0, 0.05) is 28.7 Å². The van der Waals surface area contributed by atoms with Gasteiger partial charge in [-0.3, -0.25) is 0 Å². The molecule has 7 nitrogen and oxygen atoms in total. The lowest BCUT2D eigenvalue weighted by Gasteiger charge is -2.29. The number of dihydropyridines is 1. The van der Waals surface area contributed by atoms with Crippen molar-refractivity contribution < 1.29 is 27.8 Å². The van der Waals surface area contributed by atoms with Crippen molar-refractivity contribution in [2.75, 3.05) is 14.2 Å². The quantitative estimate of drug-likeness (QED) is 0.547. The number of nitrogens with one attached hydrogen (secondary N) is 1. The molecule has 3 aromatic rings. The van der Waals surface area contributed by atoms with Crippen LogP contribution in [0.1, 0.15) is 25.3 Å². The van der Waals surface area contributed by atoms with E-state index >= 15 is 0 Å². The summed E-state index contributed by atoms with van der Waals surface area (Å²) in [5, 5.41) is 7.69. The van der Waals surface area contributed by atoms with Gasteiger partial charge in [-0.2, -0.15) is 5.10 Å². The molecule has 0 bridgehead atoms. The van der Waals surface area contributed by atoms with Gasteiger partial charge in [-0.05, 0) is 44.2 Å². The van der Waals surface area contributed by atoms with E-state index in [0.29, 0.717) is 22.6 Å². The molecule has 1 aliphatic heterocycles. The van der Waals surface area contributed by atoms with Gasteiger partial charge in [0.25, 0.3) is 0 Å². The number of aromatic nitrogens is 2. The molecule has 2 aromatic carbocycles. The number of hydrogen-bond donors (Lipinski definition) is 1. The lowest BCUT2D eigenvalue weighted by molar-refractivity contribution is -0.137. The van der Waals surface area contributed by atoms with Crippen molar-refractivity contribution in [1.29, 1.82) is 0 Å². The SMILES string of the molecule is COC(=O)C1=C(C)NC(C)=C(C(=O)OC)C1c1cn(-c2ccccc2)nc1-c1ccc(F)c(F)c1. The number of rotatable bonds is 5. The molecule has 0 spiro atoms. The fourth-order valence-electron chi connectivity index (χ4n) is 4.25. The van der Waals surface area contributed by atoms with Crippen LogP contribution in [0.2, 0.25) is 0 Å². The summed E-state index contributed by atoms with van der Waals surface area (Å²) in [6.07, 6.45) is 1.66. The third-order valence-corrected chi connectivity index (χ3v) is 5.84. The van der Waals surface area contributed by atoms with E-state index in [1.807, 2.05) is 30.3 Å². The number of methoxy groups -OCH3 is 2. The van der Waals surface area contributed by atoms with Crippen LogP contribution in [0.15, 0.2) is 77.3 Å². The van der Waals surface area contributed by atoms with Crippen LogP contribution in [0.3, 0.4) is 0 Å². The molecule has 0 fully saturated rings. The Morgan fingerprint density at radius 1 is 0.914 bits per heavy atom. The van der Waals surface area contributed by atoms with Crippen molar-refractivity contribution in [2.45, 2.75) is 19.8 Å². The fraction of sp³-hybridized carbons (Fsp3) is 0.192. The van der Waals surface area contributed by atoms with E-state index in [1.165, 1.54) is 20.3 Å². The third-order valence-electron chi connectivity index (χ3n) is 5.84. The Kier molecular flexibility index (Phi) is 6.50. The first-order valence-corrected chi connectivity index (χ1v) is 10.7. The molecule has 0 unspecified atom stereocenters. The molecule has 0 radical (unpaired) electrons. The first-order chi connectivity index (χ1) is 16.8. The van der Waals surface area contributed by atoms with Crippen molar-refractivity contribution >= 4 is 11.9 Å². The van der Waals surface area contributed by atoms with E-state index in [1.54, 1.807) is 24.7 Å². The number of hydrogen-bond acceptors (Lipinski definition) is 6. The molecular formula is C26H23F2N3O4. The minimum Gasteiger partial charge on any atom is -0.466 e. The highest BCUT2D eigenvalue weighted by Gasteiger charge is 2.40. The molecule has 0 saturated heterocycles. The summed E-state index contributed by atoms with van der Waals surface area (Å²) in [5.41, 5.74) is 2.97. The number of esters is 2. The minimum absolute atomic E-state index is 0.176. The van der Waals surface area contributed by atoms with Crippen molar-refractivity contribution in [3.05, 3.63) is 94.5 Å². The summed E-state index contributed by atoms with van der Waals surface area (Å²) >= 11 is 0. The predicted octanol–water partition coefficient (Wildman–Crippen LogP) is 4.40. The zero-order valence-corrected chi connectivity index (χ0v) is 19.6. The minimum atomic E-state index is -1.05. The number of para-hydroxylation sites is 1. The zero-order valence-electron chi connectivity index (χ0n) is 19.6. The van der Waals surface area contributed by atoms with Crippen LogP contribution in [0.5, 0.6) is 0 Å². The van der Waals surface area contributed by atoms with Gasteiger partial charge in [0.15, 0.2) is 11.6 Å². The molecule has 0 atom stereocenters. The number of ether oxygens (including phenoxy) is 2. The molecule has 35 heavy (non-hydrogen) atoms. The highest BCUT2D eigenvalue weighted by atomic mass is 19.2. The van der Waals surface area contributed by atoms with E-state index in [2.05, 4.69) is 10.4 Å². The first kappa shape index (κ1) is 23.9. The number of halogens is 2. The number of allylic oxidation sites excluding steroid dienone is 2. The number of nitrogens with zero attached hydrogens (tertiary/aromatic N) is 2. The van der Waals surface area contributed by atoms with Crippen LogP contribution in [0.4, 0.5) is 8.78 Å². The lowest BCUT2D eigenvalue weighted by Crippen LogP contribution is -2.32. The Morgan fingerprint density at radius 2 is 1.51 bits per heavy atom. The van der Waals surface area contributed by atoms with E-state index in [9.17, 15) is 18.4 Å². The molecule has 2 heterocycles. The summed E-state index contributed by atoms with van der Waals surface area (Å²) in [6.45, 7) is 3.38. The predicted molar refractivity (Wildman–Crippen MR) is 124 cm³/mol. The standard InChI is InChI=1S/C26H23F2N3O4/c1-14-21(25(32)34-3)23(22(15(2)29-14)26(33)35-4)18-13-31(17-8-6-5-7-9-17)30-24(18)16-10-11-19(27)20(28)12-16/h5-13,23,29H,1-4H3. The Balaban J connectivity index is 2.04. The molecule has 1 N–H and O–H groups in total. The van der Waals surface area contributed by atoms with Crippen LogP contribution in [-0.2, 0) is 19.1 Å². The van der Waals surface area contributed by atoms with E-state index in [0.717, 1.165) is 12.1 Å².